The highest BCUT2D eigenvalue weighted by Gasteiger charge is 2.53. The van der Waals surface area contributed by atoms with Crippen LogP contribution in [-0.2, 0) is 4.79 Å². The lowest BCUT2D eigenvalue weighted by atomic mass is 10.0. The van der Waals surface area contributed by atoms with Crippen molar-refractivity contribution in [3.05, 3.63) is 0 Å². The zero-order valence-electron chi connectivity index (χ0n) is 5.63. The van der Waals surface area contributed by atoms with Crippen LogP contribution >= 0.6 is 12.2 Å². The Morgan fingerprint density at radius 1 is 1.50 bits per heavy atom. The third-order valence-electron chi connectivity index (χ3n) is 1.11. The Labute approximate surface area is 70.8 Å². The van der Waals surface area contributed by atoms with E-state index in [-0.39, 0.29) is 5.37 Å². The fourth-order valence-corrected chi connectivity index (χ4v) is 0.656. The molecule has 0 aromatic carbocycles. The number of carboxylic acid groups (broad SMARTS) is 1. The average Bonchev–Trinajstić information content (AvgIpc) is 1.83. The summed E-state index contributed by atoms with van der Waals surface area (Å²) in [5, 5.41) is 16.7. The van der Waals surface area contributed by atoms with Crippen molar-refractivity contribution in [2.75, 3.05) is 0 Å². The van der Waals surface area contributed by atoms with E-state index in [0.29, 0.717) is 0 Å². The number of hydrogen-bond acceptors (Lipinski definition) is 3. The smallest absolute Gasteiger partial charge is 0.422 e. The van der Waals surface area contributed by atoms with E-state index in [1.165, 1.54) is 0 Å². The molecule has 0 spiro atoms. The van der Waals surface area contributed by atoms with Crippen molar-refractivity contribution in [2.24, 2.45) is 0 Å². The zero-order valence-corrected chi connectivity index (χ0v) is 6.45. The summed E-state index contributed by atoms with van der Waals surface area (Å²) in [6.07, 6.45) is -6.52. The van der Waals surface area contributed by atoms with Crippen molar-refractivity contribution >= 4 is 23.6 Å². The highest BCUT2D eigenvalue weighted by molar-refractivity contribution is 7.79. The van der Waals surface area contributed by atoms with Crippen molar-refractivity contribution in [1.82, 2.24) is 0 Å². The molecule has 0 aromatic rings. The molecule has 0 aliphatic heterocycles. The van der Waals surface area contributed by atoms with Crippen molar-refractivity contribution in [3.63, 3.8) is 0 Å². The van der Waals surface area contributed by atoms with Crippen LogP contribution in [0, 0.1) is 0 Å². The molecule has 3 nitrogen and oxygen atoms in total. The Balaban J connectivity index is 4.68. The summed E-state index contributed by atoms with van der Waals surface area (Å²) >= 11 is 3.90. The van der Waals surface area contributed by atoms with Gasteiger partial charge in [0, 0.05) is 5.37 Å². The first-order valence-electron chi connectivity index (χ1n) is 2.70. The van der Waals surface area contributed by atoms with Gasteiger partial charge in [-0.25, -0.2) is 0 Å². The topological polar surface area (TPSA) is 57.5 Å². The summed E-state index contributed by atoms with van der Waals surface area (Å²) in [4.78, 5) is 9.89. The summed E-state index contributed by atoms with van der Waals surface area (Å²) in [6.45, 7) is 0. The normalized spacial score (nSPS) is 16.7. The first kappa shape index (κ1) is 11.3. The van der Waals surface area contributed by atoms with E-state index in [1.54, 1.807) is 0 Å². The molecule has 0 rings (SSSR count). The molecule has 0 heterocycles. The predicted octanol–water partition coefficient (Wildman–Crippen LogP) is 0.754. The average molecular weight is 202 g/mol. The van der Waals surface area contributed by atoms with Gasteiger partial charge < -0.3 is 10.2 Å². The fourth-order valence-electron chi connectivity index (χ4n) is 0.439. The van der Waals surface area contributed by atoms with E-state index < -0.39 is 24.2 Å². The van der Waals surface area contributed by atoms with Gasteiger partial charge in [0.1, 0.15) is 0 Å². The summed E-state index contributed by atoms with van der Waals surface area (Å²) < 4.78 is 35.6. The Morgan fingerprint density at radius 3 is 2.00 bits per heavy atom. The van der Waals surface area contributed by atoms with Gasteiger partial charge in [0.2, 0.25) is 0 Å². The molecule has 0 saturated carbocycles. The monoisotopic (exact) mass is 202 g/mol. The van der Waals surface area contributed by atoms with Crippen molar-refractivity contribution in [3.8, 4) is 0 Å². The number of rotatable bonds is 3. The molecule has 0 aliphatic rings. The number of aliphatic hydroxyl groups is 1. The largest absolute Gasteiger partial charge is 0.481 e. The van der Waals surface area contributed by atoms with Crippen molar-refractivity contribution in [2.45, 2.75) is 18.2 Å². The number of carboxylic acids is 1. The molecule has 12 heavy (non-hydrogen) atoms. The lowest BCUT2D eigenvalue weighted by Crippen LogP contribution is -2.47. The quantitative estimate of drug-likeness (QED) is 0.663. The van der Waals surface area contributed by atoms with Crippen LogP contribution in [-0.4, -0.2) is 33.3 Å². The molecule has 0 fully saturated rings. The van der Waals surface area contributed by atoms with E-state index in [2.05, 4.69) is 12.2 Å². The van der Waals surface area contributed by atoms with Crippen molar-refractivity contribution < 1.29 is 28.2 Å². The maximum Gasteiger partial charge on any atom is 0.422 e. The molecule has 7 heteroatoms. The minimum atomic E-state index is -5.05. The Kier molecular flexibility index (Phi) is 3.17. The Hall–Kier alpha value is -0.690. The van der Waals surface area contributed by atoms with Gasteiger partial charge in [-0.1, -0.05) is 12.2 Å². The number of halogens is 3. The maximum absolute atomic E-state index is 11.9. The number of aliphatic carboxylic acids is 1. The molecule has 0 radical (unpaired) electrons. The highest BCUT2D eigenvalue weighted by atomic mass is 32.1. The predicted molar refractivity (Wildman–Crippen MR) is 36.9 cm³/mol. The molecular formula is C5H5F3O3S. The van der Waals surface area contributed by atoms with Gasteiger partial charge >= 0.3 is 12.1 Å². The van der Waals surface area contributed by atoms with Crippen LogP contribution in [0.25, 0.3) is 0 Å². The second kappa shape index (κ2) is 3.36. The number of carbonyl (C=O) groups is 1. The van der Waals surface area contributed by atoms with E-state index in [4.69, 9.17) is 10.2 Å². The molecule has 0 amide bonds. The summed E-state index contributed by atoms with van der Waals surface area (Å²) in [7, 11) is 0. The van der Waals surface area contributed by atoms with E-state index in [1.807, 2.05) is 0 Å². The summed E-state index contributed by atoms with van der Waals surface area (Å²) in [5.41, 5.74) is -3.41. The molecule has 1 unspecified atom stereocenters. The Bertz CT molecular complexity index is 203. The van der Waals surface area contributed by atoms with E-state index in [0.717, 1.165) is 0 Å². The third kappa shape index (κ3) is 2.42. The molecule has 0 saturated heterocycles. The molecule has 0 aliphatic carbocycles. The van der Waals surface area contributed by atoms with Crippen LogP contribution in [0.4, 0.5) is 13.2 Å². The van der Waals surface area contributed by atoms with Crippen LogP contribution in [0.3, 0.4) is 0 Å². The number of alkyl halides is 3. The van der Waals surface area contributed by atoms with Crippen LogP contribution < -0.4 is 0 Å². The molecule has 70 valence electrons. The third-order valence-corrected chi connectivity index (χ3v) is 1.50. The lowest BCUT2D eigenvalue weighted by molar-refractivity contribution is -0.231. The second-order valence-corrected chi connectivity index (χ2v) is 2.35. The number of thiocarbonyl (C=S) groups is 1. The van der Waals surface area contributed by atoms with Gasteiger partial charge in [-0.3, -0.25) is 4.79 Å². The van der Waals surface area contributed by atoms with Crippen LogP contribution in [0.2, 0.25) is 0 Å². The maximum atomic E-state index is 11.9. The molecule has 1 atom stereocenters. The van der Waals surface area contributed by atoms with Gasteiger partial charge in [0.15, 0.2) is 5.60 Å². The minimum Gasteiger partial charge on any atom is -0.481 e. The highest BCUT2D eigenvalue weighted by Crippen LogP contribution is 2.31. The Morgan fingerprint density at radius 2 is 1.92 bits per heavy atom. The second-order valence-electron chi connectivity index (χ2n) is 2.11. The van der Waals surface area contributed by atoms with Crippen LogP contribution in [0.5, 0.6) is 0 Å². The molecule has 0 aromatic heterocycles. The zero-order chi connectivity index (χ0) is 9.99. The standard InChI is InChI=1S/C5H5F3O3S/c6-5(7,8)4(11,2-12)1-3(9)10/h2,11H,1H2,(H,9,10). The number of hydrogen-bond donors (Lipinski definition) is 2. The van der Waals surface area contributed by atoms with Gasteiger partial charge in [-0.2, -0.15) is 13.2 Å². The van der Waals surface area contributed by atoms with Crippen molar-refractivity contribution in [1.29, 1.82) is 0 Å². The summed E-state index contributed by atoms with van der Waals surface area (Å²) in [6, 6.07) is 0. The van der Waals surface area contributed by atoms with Gasteiger partial charge in [-0.05, 0) is 0 Å². The minimum absolute atomic E-state index is 0.00111. The van der Waals surface area contributed by atoms with Crippen LogP contribution in [0.1, 0.15) is 6.42 Å². The van der Waals surface area contributed by atoms with E-state index in [9.17, 15) is 18.0 Å². The SMILES string of the molecule is O=C(O)CC(O)(C=S)C(F)(F)F. The lowest BCUT2D eigenvalue weighted by Gasteiger charge is -2.23. The molecular weight excluding hydrogens is 197 g/mol. The first-order valence-corrected chi connectivity index (χ1v) is 3.17. The summed E-state index contributed by atoms with van der Waals surface area (Å²) in [5.74, 6) is -1.77. The fraction of sp³-hybridized carbons (Fsp3) is 0.600. The molecule has 0 bridgehead atoms. The molecule has 2 N–H and O–H groups in total. The van der Waals surface area contributed by atoms with Gasteiger partial charge in [-0.15, -0.1) is 0 Å². The van der Waals surface area contributed by atoms with Gasteiger partial charge in [0.25, 0.3) is 0 Å². The van der Waals surface area contributed by atoms with Crippen LogP contribution in [0.15, 0.2) is 0 Å². The first-order chi connectivity index (χ1) is 5.23. The van der Waals surface area contributed by atoms with Gasteiger partial charge in [0.05, 0.1) is 6.42 Å². The van der Waals surface area contributed by atoms with E-state index >= 15 is 0 Å².